The maximum Gasteiger partial charge on any atom is 0.298 e. The van der Waals surface area contributed by atoms with Crippen LogP contribution < -0.4 is 9.44 Å². The summed E-state index contributed by atoms with van der Waals surface area (Å²) in [5.74, 6) is 0. The summed E-state index contributed by atoms with van der Waals surface area (Å²) in [5, 5.41) is 4.94. The van der Waals surface area contributed by atoms with Crippen molar-refractivity contribution in [2.45, 2.75) is 6.92 Å². The molecule has 2 N–H and O–H groups in total. The Morgan fingerprint density at radius 3 is 2.62 bits per heavy atom. The lowest BCUT2D eigenvalue weighted by atomic mass is 10.3. The lowest BCUT2D eigenvalue weighted by Crippen LogP contribution is -2.33. The molecule has 0 saturated heterocycles. The molecule has 0 radical (unpaired) electrons. The van der Waals surface area contributed by atoms with Crippen molar-refractivity contribution in [2.75, 3.05) is 11.4 Å². The quantitative estimate of drug-likeness (QED) is 0.733. The van der Waals surface area contributed by atoms with E-state index in [1.165, 1.54) is 13.2 Å². The number of anilines is 1. The van der Waals surface area contributed by atoms with E-state index in [0.717, 1.165) is 10.00 Å². The van der Waals surface area contributed by atoms with Crippen molar-refractivity contribution < 1.29 is 8.42 Å². The minimum absolute atomic E-state index is 0.509. The molecule has 6 heteroatoms. The fourth-order valence-electron chi connectivity index (χ4n) is 0.873. The maximum atomic E-state index is 10.9. The van der Waals surface area contributed by atoms with Crippen molar-refractivity contribution in [2.24, 2.45) is 5.14 Å². The first-order valence-corrected chi connectivity index (χ1v) is 5.11. The summed E-state index contributed by atoms with van der Waals surface area (Å²) in [5.41, 5.74) is 1.25. The largest absolute Gasteiger partial charge is 0.298 e. The fraction of sp³-hybridized carbons (Fsp3) is 0.286. The molecule has 0 fully saturated rings. The van der Waals surface area contributed by atoms with E-state index < -0.39 is 10.2 Å². The molecule has 72 valence electrons. The highest BCUT2D eigenvalue weighted by Gasteiger charge is 2.11. The lowest BCUT2D eigenvalue weighted by molar-refractivity contribution is 0.596. The standard InChI is InChI=1S/C7H11N3O2S/c1-6-5-7(3-4-9-6)10(2)13(8,11)12/h3-5H,1-2H3,(H2,8,11,12). The van der Waals surface area contributed by atoms with Gasteiger partial charge in [-0.05, 0) is 19.1 Å². The molecule has 0 amide bonds. The first-order valence-electron chi connectivity index (χ1n) is 3.60. The van der Waals surface area contributed by atoms with Crippen molar-refractivity contribution in [3.05, 3.63) is 24.0 Å². The van der Waals surface area contributed by atoms with E-state index in [1.54, 1.807) is 19.1 Å². The van der Waals surface area contributed by atoms with Gasteiger partial charge in [-0.2, -0.15) is 8.42 Å². The first kappa shape index (κ1) is 9.94. The Hall–Kier alpha value is -1.14. The van der Waals surface area contributed by atoms with E-state index in [1.807, 2.05) is 0 Å². The third kappa shape index (κ3) is 2.40. The van der Waals surface area contributed by atoms with Crippen LogP contribution in [0.15, 0.2) is 18.3 Å². The normalized spacial score (nSPS) is 11.3. The molecule has 0 bridgehead atoms. The Kier molecular flexibility index (Phi) is 2.53. The summed E-state index contributed by atoms with van der Waals surface area (Å²) in [6, 6.07) is 3.22. The van der Waals surface area contributed by atoms with Crippen LogP contribution in [0.25, 0.3) is 0 Å². The molecular formula is C7H11N3O2S. The van der Waals surface area contributed by atoms with Crippen LogP contribution in [0.4, 0.5) is 5.69 Å². The van der Waals surface area contributed by atoms with Crippen LogP contribution in [0.2, 0.25) is 0 Å². The number of aryl methyl sites for hydroxylation is 1. The molecule has 1 aromatic rings. The molecule has 0 spiro atoms. The molecule has 0 aromatic carbocycles. The fourth-order valence-corrected chi connectivity index (χ4v) is 1.28. The Morgan fingerprint density at radius 1 is 1.54 bits per heavy atom. The number of aromatic nitrogens is 1. The number of hydrogen-bond acceptors (Lipinski definition) is 3. The summed E-state index contributed by atoms with van der Waals surface area (Å²) in [6.45, 7) is 1.78. The molecule has 0 atom stereocenters. The summed E-state index contributed by atoms with van der Waals surface area (Å²) >= 11 is 0. The van der Waals surface area contributed by atoms with Crippen molar-refractivity contribution in [3.63, 3.8) is 0 Å². The molecule has 1 rings (SSSR count). The maximum absolute atomic E-state index is 10.9. The zero-order valence-electron chi connectivity index (χ0n) is 7.43. The van der Waals surface area contributed by atoms with Crippen LogP contribution in [-0.2, 0) is 10.2 Å². The molecule has 0 aliphatic carbocycles. The van der Waals surface area contributed by atoms with Gasteiger partial charge in [-0.15, -0.1) is 0 Å². The summed E-state index contributed by atoms with van der Waals surface area (Å²) < 4.78 is 22.9. The highest BCUT2D eigenvalue weighted by Crippen LogP contribution is 2.13. The van der Waals surface area contributed by atoms with Gasteiger partial charge in [0.15, 0.2) is 0 Å². The van der Waals surface area contributed by atoms with E-state index in [2.05, 4.69) is 4.98 Å². The van der Waals surface area contributed by atoms with Gasteiger partial charge in [-0.1, -0.05) is 0 Å². The third-order valence-electron chi connectivity index (χ3n) is 1.63. The smallest absolute Gasteiger partial charge is 0.261 e. The minimum atomic E-state index is -3.67. The monoisotopic (exact) mass is 201 g/mol. The van der Waals surface area contributed by atoms with Gasteiger partial charge in [-0.25, -0.2) is 5.14 Å². The minimum Gasteiger partial charge on any atom is -0.261 e. The first-order chi connectivity index (χ1) is 5.91. The van der Waals surface area contributed by atoms with Crippen LogP contribution in [0, 0.1) is 6.92 Å². The number of nitrogens with two attached hydrogens (primary N) is 1. The van der Waals surface area contributed by atoms with E-state index >= 15 is 0 Å². The summed E-state index contributed by atoms with van der Waals surface area (Å²) in [4.78, 5) is 3.94. The molecular weight excluding hydrogens is 190 g/mol. The number of nitrogens with zero attached hydrogens (tertiary/aromatic N) is 2. The zero-order chi connectivity index (χ0) is 10.1. The van der Waals surface area contributed by atoms with Crippen molar-refractivity contribution in [1.82, 2.24) is 4.98 Å². The van der Waals surface area contributed by atoms with E-state index in [0.29, 0.717) is 5.69 Å². The molecule has 0 saturated carbocycles. The molecule has 5 nitrogen and oxygen atoms in total. The predicted molar refractivity (Wildman–Crippen MR) is 50.5 cm³/mol. The van der Waals surface area contributed by atoms with Crippen molar-refractivity contribution >= 4 is 15.9 Å². The van der Waals surface area contributed by atoms with E-state index in [-0.39, 0.29) is 0 Å². The Balaban J connectivity index is 3.10. The summed E-state index contributed by atoms with van der Waals surface area (Å²) in [6.07, 6.45) is 1.53. The van der Waals surface area contributed by atoms with Crippen LogP contribution in [-0.4, -0.2) is 20.4 Å². The van der Waals surface area contributed by atoms with Gasteiger partial charge in [0.2, 0.25) is 0 Å². The SMILES string of the molecule is Cc1cc(N(C)S(N)(=O)=O)ccn1. The van der Waals surface area contributed by atoms with Gasteiger partial charge in [0, 0.05) is 18.9 Å². The van der Waals surface area contributed by atoms with E-state index in [4.69, 9.17) is 5.14 Å². The van der Waals surface area contributed by atoms with Crippen LogP contribution >= 0.6 is 0 Å². The number of hydrogen-bond donors (Lipinski definition) is 1. The van der Waals surface area contributed by atoms with Gasteiger partial charge in [-0.3, -0.25) is 9.29 Å². The zero-order valence-corrected chi connectivity index (χ0v) is 8.25. The average molecular weight is 201 g/mol. The molecule has 0 aliphatic heterocycles. The molecule has 13 heavy (non-hydrogen) atoms. The average Bonchev–Trinajstić information content (AvgIpc) is 2.01. The Bertz CT molecular complexity index is 402. The number of pyridine rings is 1. The molecule has 0 aliphatic rings. The second-order valence-corrected chi connectivity index (χ2v) is 4.25. The second-order valence-electron chi connectivity index (χ2n) is 2.67. The van der Waals surface area contributed by atoms with Gasteiger partial charge < -0.3 is 0 Å². The van der Waals surface area contributed by atoms with E-state index in [9.17, 15) is 8.42 Å². The lowest BCUT2D eigenvalue weighted by Gasteiger charge is -2.15. The highest BCUT2D eigenvalue weighted by molar-refractivity contribution is 7.90. The van der Waals surface area contributed by atoms with Gasteiger partial charge in [0.25, 0.3) is 10.2 Å². The van der Waals surface area contributed by atoms with Gasteiger partial charge in [0.1, 0.15) is 0 Å². The molecule has 1 aromatic heterocycles. The van der Waals surface area contributed by atoms with Crippen LogP contribution in [0.1, 0.15) is 5.69 Å². The van der Waals surface area contributed by atoms with Crippen molar-refractivity contribution in [1.29, 1.82) is 0 Å². The predicted octanol–water partition coefficient (Wildman–Crippen LogP) is 0.0297. The van der Waals surface area contributed by atoms with Gasteiger partial charge >= 0.3 is 0 Å². The van der Waals surface area contributed by atoms with Crippen LogP contribution in [0.3, 0.4) is 0 Å². The summed E-state index contributed by atoms with van der Waals surface area (Å²) in [7, 11) is -2.27. The molecule has 1 heterocycles. The molecule has 0 unspecified atom stereocenters. The second kappa shape index (κ2) is 3.31. The Morgan fingerprint density at radius 2 is 2.15 bits per heavy atom. The topological polar surface area (TPSA) is 76.3 Å². The third-order valence-corrected chi connectivity index (χ3v) is 2.60. The number of rotatable bonds is 2. The highest BCUT2D eigenvalue weighted by atomic mass is 32.2. The van der Waals surface area contributed by atoms with Crippen molar-refractivity contribution in [3.8, 4) is 0 Å². The Labute approximate surface area is 77.4 Å². The van der Waals surface area contributed by atoms with Crippen LogP contribution in [0.5, 0.6) is 0 Å². The van der Waals surface area contributed by atoms with Gasteiger partial charge in [0.05, 0.1) is 5.69 Å².